The molecule has 1 heterocycles. The molecule has 3 rings (SSSR count). The van der Waals surface area contributed by atoms with E-state index in [1.165, 1.54) is 0 Å². The SMILES string of the molecule is COc1ccc(C2(C(=O)Nc3ncccn3)CC2)cc1OC. The van der Waals surface area contributed by atoms with Crippen LogP contribution in [0.2, 0.25) is 0 Å². The highest BCUT2D eigenvalue weighted by Crippen LogP contribution is 2.50. The second-order valence-corrected chi connectivity index (χ2v) is 5.18. The minimum absolute atomic E-state index is 0.0917. The van der Waals surface area contributed by atoms with Crippen molar-refractivity contribution in [3.05, 3.63) is 42.2 Å². The number of aromatic nitrogens is 2. The van der Waals surface area contributed by atoms with Gasteiger partial charge in [0.2, 0.25) is 11.9 Å². The molecule has 1 aliphatic rings. The summed E-state index contributed by atoms with van der Waals surface area (Å²) in [6, 6.07) is 7.29. The lowest BCUT2D eigenvalue weighted by Gasteiger charge is -2.17. The van der Waals surface area contributed by atoms with Gasteiger partial charge in [0, 0.05) is 12.4 Å². The average molecular weight is 299 g/mol. The third kappa shape index (κ3) is 2.47. The van der Waals surface area contributed by atoms with Gasteiger partial charge < -0.3 is 9.47 Å². The average Bonchev–Trinajstić information content (AvgIpc) is 3.37. The topological polar surface area (TPSA) is 73.3 Å². The zero-order valence-corrected chi connectivity index (χ0v) is 12.5. The second-order valence-electron chi connectivity index (χ2n) is 5.18. The Morgan fingerprint density at radius 1 is 1.14 bits per heavy atom. The number of anilines is 1. The number of ether oxygens (including phenoxy) is 2. The summed E-state index contributed by atoms with van der Waals surface area (Å²) >= 11 is 0. The number of amides is 1. The Bertz CT molecular complexity index is 684. The molecule has 0 atom stereocenters. The van der Waals surface area contributed by atoms with E-state index in [9.17, 15) is 4.79 Å². The first-order valence-corrected chi connectivity index (χ1v) is 7.00. The van der Waals surface area contributed by atoms with Gasteiger partial charge in [-0.15, -0.1) is 0 Å². The van der Waals surface area contributed by atoms with Crippen molar-refractivity contribution in [2.45, 2.75) is 18.3 Å². The molecule has 0 saturated heterocycles. The quantitative estimate of drug-likeness (QED) is 0.916. The van der Waals surface area contributed by atoms with E-state index in [1.807, 2.05) is 18.2 Å². The Hall–Kier alpha value is -2.63. The standard InChI is InChI=1S/C16H17N3O3/c1-21-12-5-4-11(10-13(12)22-2)16(6-7-16)14(20)19-15-17-8-3-9-18-15/h3-5,8-10H,6-7H2,1-2H3,(H,17,18,19,20). The van der Waals surface area contributed by atoms with E-state index < -0.39 is 5.41 Å². The lowest BCUT2D eigenvalue weighted by atomic mass is 9.94. The minimum Gasteiger partial charge on any atom is -0.493 e. The van der Waals surface area contributed by atoms with Crippen molar-refractivity contribution in [3.8, 4) is 11.5 Å². The highest BCUT2D eigenvalue weighted by Gasteiger charge is 2.51. The smallest absolute Gasteiger partial charge is 0.237 e. The monoisotopic (exact) mass is 299 g/mol. The van der Waals surface area contributed by atoms with Crippen LogP contribution in [-0.2, 0) is 10.2 Å². The van der Waals surface area contributed by atoms with E-state index >= 15 is 0 Å². The Labute approximate surface area is 128 Å². The van der Waals surface area contributed by atoms with E-state index in [1.54, 1.807) is 32.7 Å². The van der Waals surface area contributed by atoms with E-state index in [-0.39, 0.29) is 5.91 Å². The van der Waals surface area contributed by atoms with Gasteiger partial charge in [-0.2, -0.15) is 0 Å². The summed E-state index contributed by atoms with van der Waals surface area (Å²) in [6.45, 7) is 0. The van der Waals surface area contributed by atoms with Crippen molar-refractivity contribution in [1.82, 2.24) is 9.97 Å². The summed E-state index contributed by atoms with van der Waals surface area (Å²) in [5.74, 6) is 1.49. The molecule has 1 aromatic carbocycles. The number of nitrogens with zero attached hydrogens (tertiary/aromatic N) is 2. The van der Waals surface area contributed by atoms with Crippen LogP contribution in [0.25, 0.3) is 0 Å². The molecule has 0 spiro atoms. The van der Waals surface area contributed by atoms with Crippen LogP contribution in [0.5, 0.6) is 11.5 Å². The molecule has 1 aliphatic carbocycles. The summed E-state index contributed by atoms with van der Waals surface area (Å²) in [5.41, 5.74) is 0.386. The molecule has 0 radical (unpaired) electrons. The zero-order valence-electron chi connectivity index (χ0n) is 12.5. The normalized spacial score (nSPS) is 15.0. The van der Waals surface area contributed by atoms with Gasteiger partial charge in [0.15, 0.2) is 11.5 Å². The molecule has 0 bridgehead atoms. The van der Waals surface area contributed by atoms with Gasteiger partial charge in [-0.1, -0.05) is 6.07 Å². The second kappa shape index (κ2) is 5.63. The molecule has 2 aromatic rings. The first kappa shape index (κ1) is 14.3. The molecular formula is C16H17N3O3. The van der Waals surface area contributed by atoms with Crippen LogP contribution in [0.1, 0.15) is 18.4 Å². The molecule has 1 aromatic heterocycles. The number of carbonyl (C=O) groups is 1. The van der Waals surface area contributed by atoms with Crippen molar-refractivity contribution >= 4 is 11.9 Å². The minimum atomic E-state index is -0.529. The van der Waals surface area contributed by atoms with E-state index in [0.717, 1.165) is 18.4 Å². The van der Waals surface area contributed by atoms with Crippen LogP contribution in [0.4, 0.5) is 5.95 Å². The predicted molar refractivity (Wildman–Crippen MR) is 81.1 cm³/mol. The first-order chi connectivity index (χ1) is 10.7. The number of methoxy groups -OCH3 is 2. The Morgan fingerprint density at radius 3 is 2.41 bits per heavy atom. The molecule has 1 amide bonds. The van der Waals surface area contributed by atoms with Gasteiger partial charge in [-0.25, -0.2) is 9.97 Å². The van der Waals surface area contributed by atoms with Crippen LogP contribution in [0, 0.1) is 0 Å². The maximum Gasteiger partial charge on any atom is 0.237 e. The number of rotatable bonds is 5. The molecule has 22 heavy (non-hydrogen) atoms. The van der Waals surface area contributed by atoms with Gasteiger partial charge in [-0.05, 0) is 36.6 Å². The maximum atomic E-state index is 12.6. The van der Waals surface area contributed by atoms with Crippen molar-refractivity contribution < 1.29 is 14.3 Å². The fraction of sp³-hybridized carbons (Fsp3) is 0.312. The van der Waals surface area contributed by atoms with Crippen molar-refractivity contribution in [1.29, 1.82) is 0 Å². The Kier molecular flexibility index (Phi) is 3.66. The van der Waals surface area contributed by atoms with Crippen LogP contribution in [0.15, 0.2) is 36.7 Å². The van der Waals surface area contributed by atoms with Crippen LogP contribution < -0.4 is 14.8 Å². The van der Waals surface area contributed by atoms with Gasteiger partial charge >= 0.3 is 0 Å². The molecule has 6 nitrogen and oxygen atoms in total. The predicted octanol–water partition coefficient (Wildman–Crippen LogP) is 2.16. The third-order valence-corrected chi connectivity index (χ3v) is 3.91. The van der Waals surface area contributed by atoms with Crippen LogP contribution >= 0.6 is 0 Å². The molecule has 0 aliphatic heterocycles. The van der Waals surface area contributed by atoms with Crippen molar-refractivity contribution in [2.24, 2.45) is 0 Å². The largest absolute Gasteiger partial charge is 0.493 e. The van der Waals surface area contributed by atoms with Crippen molar-refractivity contribution in [2.75, 3.05) is 19.5 Å². The molecule has 1 fully saturated rings. The fourth-order valence-corrected chi connectivity index (χ4v) is 2.49. The lowest BCUT2D eigenvalue weighted by molar-refractivity contribution is -0.118. The van der Waals surface area contributed by atoms with E-state index in [4.69, 9.17) is 9.47 Å². The fourth-order valence-electron chi connectivity index (χ4n) is 2.49. The Morgan fingerprint density at radius 2 is 1.82 bits per heavy atom. The van der Waals surface area contributed by atoms with E-state index in [0.29, 0.717) is 17.4 Å². The lowest BCUT2D eigenvalue weighted by Crippen LogP contribution is -2.28. The molecular weight excluding hydrogens is 282 g/mol. The number of hydrogen-bond donors (Lipinski definition) is 1. The number of hydrogen-bond acceptors (Lipinski definition) is 5. The number of nitrogens with one attached hydrogen (secondary N) is 1. The highest BCUT2D eigenvalue weighted by molar-refractivity contribution is 6.00. The molecule has 6 heteroatoms. The van der Waals surface area contributed by atoms with Crippen LogP contribution in [-0.4, -0.2) is 30.1 Å². The molecule has 114 valence electrons. The zero-order chi connectivity index (χ0) is 15.6. The van der Waals surface area contributed by atoms with E-state index in [2.05, 4.69) is 15.3 Å². The Balaban J connectivity index is 1.85. The first-order valence-electron chi connectivity index (χ1n) is 7.00. The van der Waals surface area contributed by atoms with Crippen LogP contribution in [0.3, 0.4) is 0 Å². The van der Waals surface area contributed by atoms with Gasteiger partial charge in [0.05, 0.1) is 19.6 Å². The summed E-state index contributed by atoms with van der Waals surface area (Å²) in [7, 11) is 3.17. The number of carbonyl (C=O) groups excluding carboxylic acids is 1. The highest BCUT2D eigenvalue weighted by atomic mass is 16.5. The number of benzene rings is 1. The summed E-state index contributed by atoms with van der Waals surface area (Å²) in [5, 5.41) is 2.78. The van der Waals surface area contributed by atoms with Crippen molar-refractivity contribution in [3.63, 3.8) is 0 Å². The maximum absolute atomic E-state index is 12.6. The third-order valence-electron chi connectivity index (χ3n) is 3.91. The van der Waals surface area contributed by atoms with Gasteiger partial charge in [-0.3, -0.25) is 10.1 Å². The summed E-state index contributed by atoms with van der Waals surface area (Å²) < 4.78 is 10.6. The van der Waals surface area contributed by atoms with Gasteiger partial charge in [0.1, 0.15) is 0 Å². The molecule has 1 saturated carbocycles. The summed E-state index contributed by atoms with van der Waals surface area (Å²) in [4.78, 5) is 20.6. The molecule has 0 unspecified atom stereocenters. The summed E-state index contributed by atoms with van der Waals surface area (Å²) in [6.07, 6.45) is 4.78. The molecule has 1 N–H and O–H groups in total. The van der Waals surface area contributed by atoms with Gasteiger partial charge in [0.25, 0.3) is 0 Å².